The van der Waals surface area contributed by atoms with Gasteiger partial charge in [0.25, 0.3) is 0 Å². The molecule has 0 amide bonds. The van der Waals surface area contributed by atoms with Crippen LogP contribution in [0.4, 0.5) is 0 Å². The summed E-state index contributed by atoms with van der Waals surface area (Å²) in [7, 11) is 0. The van der Waals surface area contributed by atoms with Crippen LogP contribution in [0.2, 0.25) is 0 Å². The van der Waals surface area contributed by atoms with Gasteiger partial charge in [-0.1, -0.05) is 121 Å². The Morgan fingerprint density at radius 2 is 0.951 bits per heavy atom. The summed E-state index contributed by atoms with van der Waals surface area (Å²) in [5.74, 6) is -1.65. The van der Waals surface area contributed by atoms with Crippen molar-refractivity contribution in [3.05, 3.63) is 144 Å². The fraction of sp³-hybridized carbons (Fsp3) is 0.314. The topological polar surface area (TPSA) is 66.4 Å². The zero-order valence-electron chi connectivity index (χ0n) is 23.4. The molecular weight excluding hydrogens is 516 g/mol. The Labute approximate surface area is 242 Å². The summed E-state index contributed by atoms with van der Waals surface area (Å²) in [6.45, 7) is 3.22. The van der Waals surface area contributed by atoms with Crippen molar-refractivity contribution < 1.29 is 28.8 Å². The van der Waals surface area contributed by atoms with Crippen LogP contribution in [-0.4, -0.2) is 41.9 Å². The highest BCUT2D eigenvalue weighted by Crippen LogP contribution is 2.35. The molecule has 0 aliphatic carbocycles. The summed E-state index contributed by atoms with van der Waals surface area (Å²) in [4.78, 5) is 0. The number of aliphatic hydroxyl groups is 1. The zero-order chi connectivity index (χ0) is 28.3. The molecule has 6 nitrogen and oxygen atoms in total. The van der Waals surface area contributed by atoms with Crippen LogP contribution in [0.5, 0.6) is 0 Å². The Morgan fingerprint density at radius 1 is 0.561 bits per heavy atom. The molecule has 0 saturated carbocycles. The van der Waals surface area contributed by atoms with Crippen LogP contribution in [0.3, 0.4) is 0 Å². The maximum absolute atomic E-state index is 11.6. The zero-order valence-corrected chi connectivity index (χ0v) is 23.4. The van der Waals surface area contributed by atoms with Gasteiger partial charge < -0.3 is 28.8 Å². The molecule has 5 rings (SSSR count). The first-order chi connectivity index (χ1) is 20.1. The van der Waals surface area contributed by atoms with E-state index in [9.17, 15) is 5.11 Å². The molecule has 6 heteroatoms. The summed E-state index contributed by atoms with van der Waals surface area (Å²) in [6.07, 6.45) is -2.64. The minimum atomic E-state index is -1.65. The van der Waals surface area contributed by atoms with Crippen molar-refractivity contribution in [2.75, 3.05) is 6.61 Å². The maximum atomic E-state index is 11.6. The molecule has 1 saturated heterocycles. The van der Waals surface area contributed by atoms with Crippen LogP contribution in [0.25, 0.3) is 0 Å². The third-order valence-electron chi connectivity index (χ3n) is 7.14. The monoisotopic (exact) mass is 554 g/mol. The van der Waals surface area contributed by atoms with Crippen molar-refractivity contribution in [2.45, 2.75) is 63.6 Å². The molecule has 1 heterocycles. The van der Waals surface area contributed by atoms with E-state index in [0.717, 1.165) is 22.3 Å². The smallest absolute Gasteiger partial charge is 0.192 e. The molecule has 0 radical (unpaired) electrons. The Kier molecular flexibility index (Phi) is 10.3. The lowest BCUT2D eigenvalue weighted by atomic mass is 9.92. The second-order valence-electron chi connectivity index (χ2n) is 10.5. The normalized spacial score (nSPS) is 24.2. The molecule has 1 aliphatic heterocycles. The lowest BCUT2D eigenvalue weighted by Gasteiger charge is -2.49. The lowest BCUT2D eigenvalue weighted by Crippen LogP contribution is -2.66. The van der Waals surface area contributed by atoms with Gasteiger partial charge in [0.05, 0.1) is 33.0 Å². The van der Waals surface area contributed by atoms with E-state index in [1.807, 2.05) is 121 Å². The van der Waals surface area contributed by atoms with E-state index in [0.29, 0.717) is 19.8 Å². The average molecular weight is 555 g/mol. The molecule has 0 bridgehead atoms. The van der Waals surface area contributed by atoms with Crippen molar-refractivity contribution in [3.63, 3.8) is 0 Å². The van der Waals surface area contributed by atoms with Crippen molar-refractivity contribution >= 4 is 0 Å². The largest absolute Gasteiger partial charge is 0.374 e. The standard InChI is InChI=1S/C35H38O6/c1-35(36)34(40-25-30-20-12-5-13-21-30)33(39-24-29-18-10-4-11-19-29)32(38-23-28-16-8-3-9-17-28)31(41-35)26-37-22-27-14-6-2-7-15-27/h2-21,31-34,36H,22-26H2,1H3/t31-,32-,33+,34-,35?/m1/s1. The highest BCUT2D eigenvalue weighted by atomic mass is 16.7. The predicted molar refractivity (Wildman–Crippen MR) is 157 cm³/mol. The Bertz CT molecular complexity index is 1280. The molecule has 5 atom stereocenters. The molecule has 1 N–H and O–H groups in total. The van der Waals surface area contributed by atoms with E-state index in [-0.39, 0.29) is 13.2 Å². The second-order valence-corrected chi connectivity index (χ2v) is 10.5. The van der Waals surface area contributed by atoms with Crippen molar-refractivity contribution in [1.82, 2.24) is 0 Å². The number of ether oxygens (including phenoxy) is 5. The van der Waals surface area contributed by atoms with Gasteiger partial charge in [0, 0.05) is 0 Å². The number of rotatable bonds is 13. The summed E-state index contributed by atoms with van der Waals surface area (Å²) in [5, 5.41) is 11.6. The molecule has 41 heavy (non-hydrogen) atoms. The quantitative estimate of drug-likeness (QED) is 0.217. The van der Waals surface area contributed by atoms with Gasteiger partial charge in [0.15, 0.2) is 5.79 Å². The van der Waals surface area contributed by atoms with Crippen molar-refractivity contribution in [3.8, 4) is 0 Å². The van der Waals surface area contributed by atoms with E-state index < -0.39 is 30.2 Å². The first-order valence-electron chi connectivity index (χ1n) is 14.1. The summed E-state index contributed by atoms with van der Waals surface area (Å²) in [5.41, 5.74) is 4.08. The molecule has 1 aliphatic rings. The first kappa shape index (κ1) is 29.1. The van der Waals surface area contributed by atoms with Crippen LogP contribution < -0.4 is 0 Å². The Morgan fingerprint density at radius 3 is 1.41 bits per heavy atom. The van der Waals surface area contributed by atoms with Gasteiger partial charge in [-0.2, -0.15) is 0 Å². The number of benzene rings is 4. The van der Waals surface area contributed by atoms with Crippen LogP contribution in [0, 0.1) is 0 Å². The van der Waals surface area contributed by atoms with Crippen molar-refractivity contribution in [2.24, 2.45) is 0 Å². The van der Waals surface area contributed by atoms with Crippen LogP contribution in [-0.2, 0) is 50.1 Å². The predicted octanol–water partition coefficient (Wildman–Crippen LogP) is 6.07. The number of hydrogen-bond donors (Lipinski definition) is 1. The van der Waals surface area contributed by atoms with Crippen LogP contribution in [0.15, 0.2) is 121 Å². The van der Waals surface area contributed by atoms with Gasteiger partial charge in [0.1, 0.15) is 24.4 Å². The van der Waals surface area contributed by atoms with E-state index >= 15 is 0 Å². The second kappa shape index (κ2) is 14.5. The molecule has 0 aromatic heterocycles. The molecule has 4 aromatic rings. The van der Waals surface area contributed by atoms with Gasteiger partial charge in [-0.3, -0.25) is 0 Å². The lowest BCUT2D eigenvalue weighted by molar-refractivity contribution is -0.363. The Balaban J connectivity index is 1.39. The highest BCUT2D eigenvalue weighted by Gasteiger charge is 2.54. The molecule has 1 fully saturated rings. The van der Waals surface area contributed by atoms with E-state index in [4.69, 9.17) is 23.7 Å². The van der Waals surface area contributed by atoms with Crippen LogP contribution >= 0.6 is 0 Å². The third-order valence-corrected chi connectivity index (χ3v) is 7.14. The van der Waals surface area contributed by atoms with Crippen molar-refractivity contribution in [1.29, 1.82) is 0 Å². The number of hydrogen-bond acceptors (Lipinski definition) is 6. The molecule has 4 aromatic carbocycles. The first-order valence-corrected chi connectivity index (χ1v) is 14.1. The summed E-state index contributed by atoms with van der Waals surface area (Å²) in [6, 6.07) is 39.8. The SMILES string of the molecule is CC1(O)O[C@H](COCc2ccccc2)[C@@H](OCc2ccccc2)[C@H](OCc2ccccc2)[C@H]1OCc1ccccc1. The third kappa shape index (κ3) is 8.33. The molecular formula is C35H38O6. The molecule has 0 spiro atoms. The van der Waals surface area contributed by atoms with Crippen LogP contribution in [0.1, 0.15) is 29.2 Å². The van der Waals surface area contributed by atoms with E-state index in [2.05, 4.69) is 0 Å². The molecule has 1 unspecified atom stereocenters. The minimum Gasteiger partial charge on any atom is -0.374 e. The maximum Gasteiger partial charge on any atom is 0.192 e. The van der Waals surface area contributed by atoms with E-state index in [1.165, 1.54) is 0 Å². The van der Waals surface area contributed by atoms with Gasteiger partial charge in [-0.15, -0.1) is 0 Å². The fourth-order valence-electron chi connectivity index (χ4n) is 5.05. The Hall–Kier alpha value is -3.36. The van der Waals surface area contributed by atoms with Gasteiger partial charge in [-0.25, -0.2) is 0 Å². The highest BCUT2D eigenvalue weighted by molar-refractivity contribution is 5.16. The van der Waals surface area contributed by atoms with Gasteiger partial charge in [0.2, 0.25) is 0 Å². The van der Waals surface area contributed by atoms with E-state index in [1.54, 1.807) is 6.92 Å². The average Bonchev–Trinajstić information content (AvgIpc) is 3.01. The van der Waals surface area contributed by atoms with Gasteiger partial charge in [-0.05, 0) is 29.2 Å². The summed E-state index contributed by atoms with van der Waals surface area (Å²) < 4.78 is 31.9. The van der Waals surface area contributed by atoms with Gasteiger partial charge >= 0.3 is 0 Å². The summed E-state index contributed by atoms with van der Waals surface area (Å²) >= 11 is 0. The minimum absolute atomic E-state index is 0.209. The molecule has 214 valence electrons. The fourth-order valence-corrected chi connectivity index (χ4v) is 5.05.